The maximum Gasteiger partial charge on any atom is 0.317 e. The number of carbonyl (C=O) groups is 3. The van der Waals surface area contributed by atoms with Gasteiger partial charge in [-0.2, -0.15) is 0 Å². The minimum Gasteiger partial charge on any atom is -0.480 e. The fourth-order valence-corrected chi connectivity index (χ4v) is 3.45. The SMILES string of the molecule is O=COCN1CCN(CC(=O)O)CCN(CC(=O)O)CCN(C(CO)[C@@H](O)CO)CC1. The van der Waals surface area contributed by atoms with E-state index in [0.717, 1.165) is 0 Å². The highest BCUT2D eigenvalue weighted by atomic mass is 16.5. The van der Waals surface area contributed by atoms with Crippen molar-refractivity contribution < 1.29 is 44.7 Å². The van der Waals surface area contributed by atoms with E-state index in [1.54, 1.807) is 19.6 Å². The molecule has 1 saturated heterocycles. The van der Waals surface area contributed by atoms with Gasteiger partial charge in [0, 0.05) is 52.4 Å². The van der Waals surface area contributed by atoms with Crippen molar-refractivity contribution in [1.82, 2.24) is 19.6 Å². The van der Waals surface area contributed by atoms with E-state index in [9.17, 15) is 34.8 Å². The van der Waals surface area contributed by atoms with E-state index in [-0.39, 0.29) is 19.8 Å². The zero-order chi connectivity index (χ0) is 23.2. The Kier molecular flexibility index (Phi) is 13.2. The first-order chi connectivity index (χ1) is 14.8. The minimum absolute atomic E-state index is 0.00423. The lowest BCUT2D eigenvalue weighted by Gasteiger charge is -2.37. The van der Waals surface area contributed by atoms with Crippen LogP contribution >= 0.6 is 0 Å². The highest BCUT2D eigenvalue weighted by Gasteiger charge is 2.27. The van der Waals surface area contributed by atoms with E-state index in [1.807, 2.05) is 0 Å². The van der Waals surface area contributed by atoms with Gasteiger partial charge in [0.15, 0.2) is 0 Å². The fraction of sp³-hybridized carbons (Fsp3) is 0.833. The topological polar surface area (TPSA) is 175 Å². The summed E-state index contributed by atoms with van der Waals surface area (Å²) in [5.74, 6) is -2.02. The van der Waals surface area contributed by atoms with Crippen molar-refractivity contribution >= 4 is 18.4 Å². The number of rotatable bonds is 11. The molecular weight excluding hydrogens is 416 g/mol. The molecule has 1 aliphatic heterocycles. The Morgan fingerprint density at radius 2 is 1.26 bits per heavy atom. The predicted octanol–water partition coefficient (Wildman–Crippen LogP) is -3.78. The summed E-state index contributed by atoms with van der Waals surface area (Å²) in [7, 11) is 0. The Hall–Kier alpha value is -1.87. The van der Waals surface area contributed by atoms with Gasteiger partial charge in [-0.05, 0) is 0 Å². The van der Waals surface area contributed by atoms with Gasteiger partial charge in [-0.15, -0.1) is 0 Å². The van der Waals surface area contributed by atoms with Gasteiger partial charge in [-0.25, -0.2) is 0 Å². The third-order valence-corrected chi connectivity index (χ3v) is 5.20. The van der Waals surface area contributed by atoms with Crippen LogP contribution in [0, 0.1) is 0 Å². The maximum absolute atomic E-state index is 11.2. The van der Waals surface area contributed by atoms with Crippen molar-refractivity contribution in [2.45, 2.75) is 12.1 Å². The molecule has 0 aromatic heterocycles. The molecule has 13 nitrogen and oxygen atoms in total. The average molecular weight is 450 g/mol. The Labute approximate surface area is 181 Å². The summed E-state index contributed by atoms with van der Waals surface area (Å²) < 4.78 is 4.84. The van der Waals surface area contributed by atoms with Crippen LogP contribution in [0.5, 0.6) is 0 Å². The first-order valence-electron chi connectivity index (χ1n) is 10.1. The van der Waals surface area contributed by atoms with Gasteiger partial charge < -0.3 is 30.3 Å². The maximum atomic E-state index is 11.2. The second kappa shape index (κ2) is 15.0. The second-order valence-electron chi connectivity index (χ2n) is 7.39. The summed E-state index contributed by atoms with van der Waals surface area (Å²) in [6.45, 7) is 1.63. The molecule has 0 spiro atoms. The molecule has 1 fully saturated rings. The molecule has 1 aliphatic rings. The number of hydrogen-bond acceptors (Lipinski definition) is 11. The van der Waals surface area contributed by atoms with E-state index in [1.165, 1.54) is 0 Å². The molecule has 0 aromatic rings. The molecule has 0 radical (unpaired) electrons. The zero-order valence-electron chi connectivity index (χ0n) is 17.6. The largest absolute Gasteiger partial charge is 0.480 e. The van der Waals surface area contributed by atoms with E-state index >= 15 is 0 Å². The quantitative estimate of drug-likeness (QED) is 0.194. The molecular formula is C18H34N4O9. The van der Waals surface area contributed by atoms with Crippen LogP contribution in [-0.4, -0.2) is 161 Å². The Morgan fingerprint density at radius 3 is 1.68 bits per heavy atom. The van der Waals surface area contributed by atoms with Gasteiger partial charge in [0.05, 0.1) is 38.4 Å². The molecule has 0 bridgehead atoms. The third-order valence-electron chi connectivity index (χ3n) is 5.20. The lowest BCUT2D eigenvalue weighted by molar-refractivity contribution is -0.140. The number of carboxylic acids is 2. The van der Waals surface area contributed by atoms with Crippen molar-refractivity contribution in [3.8, 4) is 0 Å². The van der Waals surface area contributed by atoms with Crippen LogP contribution in [0.2, 0.25) is 0 Å². The molecule has 2 atom stereocenters. The molecule has 1 unspecified atom stereocenters. The van der Waals surface area contributed by atoms with Crippen LogP contribution in [-0.2, 0) is 19.1 Å². The molecule has 0 amide bonds. The Morgan fingerprint density at radius 1 is 0.806 bits per heavy atom. The van der Waals surface area contributed by atoms with Crippen LogP contribution in [0.1, 0.15) is 0 Å². The summed E-state index contributed by atoms with van der Waals surface area (Å²) in [6.07, 6.45) is -1.18. The number of nitrogens with zero attached hydrogens (tertiary/aromatic N) is 4. The van der Waals surface area contributed by atoms with E-state index < -0.39 is 37.3 Å². The molecule has 5 N–H and O–H groups in total. The van der Waals surface area contributed by atoms with E-state index in [4.69, 9.17) is 9.84 Å². The summed E-state index contributed by atoms with van der Waals surface area (Å²) >= 11 is 0. The third kappa shape index (κ3) is 10.8. The van der Waals surface area contributed by atoms with Crippen molar-refractivity contribution in [2.75, 3.05) is 85.4 Å². The van der Waals surface area contributed by atoms with Gasteiger partial charge in [-0.1, -0.05) is 0 Å². The monoisotopic (exact) mass is 450 g/mol. The average Bonchev–Trinajstić information content (AvgIpc) is 2.72. The van der Waals surface area contributed by atoms with Gasteiger partial charge in [0.25, 0.3) is 6.47 Å². The van der Waals surface area contributed by atoms with Gasteiger partial charge >= 0.3 is 11.9 Å². The van der Waals surface area contributed by atoms with Crippen LogP contribution in [0.15, 0.2) is 0 Å². The van der Waals surface area contributed by atoms with Crippen LogP contribution < -0.4 is 0 Å². The smallest absolute Gasteiger partial charge is 0.317 e. The first-order valence-corrected chi connectivity index (χ1v) is 10.1. The Balaban J connectivity index is 3.02. The van der Waals surface area contributed by atoms with Crippen LogP contribution in [0.3, 0.4) is 0 Å². The number of hydrogen-bond donors (Lipinski definition) is 5. The number of aliphatic hydroxyl groups excluding tert-OH is 3. The molecule has 1 heterocycles. The molecule has 180 valence electrons. The van der Waals surface area contributed by atoms with Crippen molar-refractivity contribution in [3.63, 3.8) is 0 Å². The first kappa shape index (κ1) is 27.2. The zero-order valence-corrected chi connectivity index (χ0v) is 17.6. The van der Waals surface area contributed by atoms with Crippen LogP contribution in [0.4, 0.5) is 0 Å². The summed E-state index contributed by atoms with van der Waals surface area (Å²) in [6, 6.07) is -0.753. The highest BCUT2D eigenvalue weighted by molar-refractivity contribution is 5.69. The van der Waals surface area contributed by atoms with E-state index in [2.05, 4.69) is 0 Å². The van der Waals surface area contributed by atoms with Gasteiger partial charge in [-0.3, -0.25) is 34.0 Å². The standard InChI is InChI=1S/C18H34N4O9/c23-11-15(16(26)12-24)22-7-5-20(10-18(29)30)2-1-19(9-17(27)28)3-4-21(6-8-22)13-31-14-25/h14-16,23-24,26H,1-13H2,(H,27,28)(H,29,30)/t15?,16-/m0/s1. The van der Waals surface area contributed by atoms with Gasteiger partial charge in [0.2, 0.25) is 0 Å². The second-order valence-corrected chi connectivity index (χ2v) is 7.39. The molecule has 0 aliphatic carbocycles. The molecule has 13 heteroatoms. The number of aliphatic carboxylic acids is 2. The van der Waals surface area contributed by atoms with Crippen LogP contribution in [0.25, 0.3) is 0 Å². The lowest BCUT2D eigenvalue weighted by Crippen LogP contribution is -2.54. The number of aliphatic hydroxyl groups is 3. The van der Waals surface area contributed by atoms with Crippen molar-refractivity contribution in [2.24, 2.45) is 0 Å². The summed E-state index contributed by atoms with van der Waals surface area (Å²) in [5, 5.41) is 47.5. The summed E-state index contributed by atoms with van der Waals surface area (Å²) in [5.41, 5.74) is 0. The van der Waals surface area contributed by atoms with Crippen molar-refractivity contribution in [1.29, 1.82) is 0 Å². The predicted molar refractivity (Wildman–Crippen MR) is 107 cm³/mol. The molecule has 1 rings (SSSR count). The number of carbonyl (C=O) groups excluding carboxylic acids is 1. The number of carboxylic acid groups (broad SMARTS) is 2. The fourth-order valence-electron chi connectivity index (χ4n) is 3.45. The number of ether oxygens (including phenoxy) is 1. The lowest BCUT2D eigenvalue weighted by atomic mass is 10.1. The highest BCUT2D eigenvalue weighted by Crippen LogP contribution is 2.08. The van der Waals surface area contributed by atoms with E-state index in [0.29, 0.717) is 58.8 Å². The molecule has 0 saturated carbocycles. The molecule has 31 heavy (non-hydrogen) atoms. The normalized spacial score (nSPS) is 20.9. The Bertz CT molecular complexity index is 554. The van der Waals surface area contributed by atoms with Crippen molar-refractivity contribution in [3.05, 3.63) is 0 Å². The summed E-state index contributed by atoms with van der Waals surface area (Å²) in [4.78, 5) is 40.0. The minimum atomic E-state index is -1.18. The molecule has 0 aromatic carbocycles. The van der Waals surface area contributed by atoms with Gasteiger partial charge in [0.1, 0.15) is 6.73 Å².